The first kappa shape index (κ1) is 30.1. The lowest BCUT2D eigenvalue weighted by Crippen LogP contribution is -2.14. The van der Waals surface area contributed by atoms with Crippen LogP contribution in [0, 0.1) is 6.92 Å². The summed E-state index contributed by atoms with van der Waals surface area (Å²) in [7, 11) is 0. The SMILES string of the molecule is Cc1ccc2c(-c3ccc(-c4ccc5c(c4)C(C)(C)c4ccccc4-5)cc3)c3ccccc3c(-c3ccc4c(c3)C(C)(C)c3ccccc3-4)c2c1. The predicted molar refractivity (Wildman–Crippen MR) is 218 cm³/mol. The Morgan fingerprint density at radius 3 is 1.35 bits per heavy atom. The fourth-order valence-corrected chi connectivity index (χ4v) is 9.49. The minimum Gasteiger partial charge on any atom is -0.0619 e. The van der Waals surface area contributed by atoms with Crippen molar-refractivity contribution < 1.29 is 0 Å². The lowest BCUT2D eigenvalue weighted by atomic mass is 9.80. The highest BCUT2D eigenvalue weighted by molar-refractivity contribution is 6.21. The summed E-state index contributed by atoms with van der Waals surface area (Å²) in [5, 5.41) is 5.18. The number of hydrogen-bond donors (Lipinski definition) is 0. The largest absolute Gasteiger partial charge is 0.0619 e. The third kappa shape index (κ3) is 4.26. The van der Waals surface area contributed by atoms with E-state index in [1.54, 1.807) is 0 Å². The first-order valence-electron chi connectivity index (χ1n) is 18.3. The first-order chi connectivity index (χ1) is 24.7. The molecule has 0 nitrogen and oxygen atoms in total. The molecular weight excluding hydrogens is 613 g/mol. The quantitative estimate of drug-likeness (QED) is 0.167. The molecule has 0 amide bonds. The van der Waals surface area contributed by atoms with E-state index in [4.69, 9.17) is 0 Å². The van der Waals surface area contributed by atoms with E-state index in [0.717, 1.165) is 0 Å². The molecule has 0 N–H and O–H groups in total. The van der Waals surface area contributed by atoms with E-state index in [-0.39, 0.29) is 10.8 Å². The molecule has 51 heavy (non-hydrogen) atoms. The Kier molecular flexibility index (Phi) is 6.29. The summed E-state index contributed by atoms with van der Waals surface area (Å²) in [6.07, 6.45) is 0. The van der Waals surface area contributed by atoms with Crippen molar-refractivity contribution in [2.45, 2.75) is 45.4 Å². The highest BCUT2D eigenvalue weighted by Gasteiger charge is 2.36. The van der Waals surface area contributed by atoms with Crippen molar-refractivity contribution in [1.82, 2.24) is 0 Å². The van der Waals surface area contributed by atoms with E-state index in [9.17, 15) is 0 Å². The van der Waals surface area contributed by atoms with E-state index in [1.807, 2.05) is 0 Å². The maximum atomic E-state index is 2.48. The van der Waals surface area contributed by atoms with Gasteiger partial charge in [0.25, 0.3) is 0 Å². The van der Waals surface area contributed by atoms with Crippen LogP contribution < -0.4 is 0 Å². The Bertz CT molecular complexity index is 2740. The molecule has 0 saturated carbocycles. The van der Waals surface area contributed by atoms with Crippen LogP contribution in [-0.2, 0) is 10.8 Å². The van der Waals surface area contributed by atoms with Crippen molar-refractivity contribution in [3.8, 4) is 55.6 Å². The van der Waals surface area contributed by atoms with Gasteiger partial charge in [0.05, 0.1) is 0 Å². The Morgan fingerprint density at radius 1 is 0.314 bits per heavy atom. The molecule has 0 spiro atoms. The van der Waals surface area contributed by atoms with Crippen LogP contribution in [0.4, 0.5) is 0 Å². The minimum absolute atomic E-state index is 0.0157. The molecule has 0 radical (unpaired) electrons. The zero-order chi connectivity index (χ0) is 34.6. The molecule has 0 heterocycles. The molecule has 0 aliphatic heterocycles. The Morgan fingerprint density at radius 2 is 0.745 bits per heavy atom. The second-order valence-electron chi connectivity index (χ2n) is 15.8. The zero-order valence-electron chi connectivity index (χ0n) is 29.9. The van der Waals surface area contributed by atoms with Gasteiger partial charge >= 0.3 is 0 Å². The zero-order valence-corrected chi connectivity index (χ0v) is 29.9. The van der Waals surface area contributed by atoms with Gasteiger partial charge in [-0.1, -0.05) is 173 Å². The van der Waals surface area contributed by atoms with E-state index in [0.29, 0.717) is 0 Å². The maximum absolute atomic E-state index is 2.48. The van der Waals surface area contributed by atoms with Gasteiger partial charge in [-0.3, -0.25) is 0 Å². The van der Waals surface area contributed by atoms with Crippen molar-refractivity contribution in [3.05, 3.63) is 179 Å². The number of hydrogen-bond acceptors (Lipinski definition) is 0. The molecule has 0 atom stereocenters. The lowest BCUT2D eigenvalue weighted by molar-refractivity contribution is 0.660. The summed E-state index contributed by atoms with van der Waals surface area (Å²) >= 11 is 0. The predicted octanol–water partition coefficient (Wildman–Crippen LogP) is 13.9. The average molecular weight is 653 g/mol. The highest BCUT2D eigenvalue weighted by atomic mass is 14.4. The average Bonchev–Trinajstić information content (AvgIpc) is 3.53. The smallest absolute Gasteiger partial charge is 0.0159 e. The number of rotatable bonds is 3. The maximum Gasteiger partial charge on any atom is 0.0159 e. The molecular formula is C51H40. The summed E-state index contributed by atoms with van der Waals surface area (Å²) in [4.78, 5) is 0. The Hall–Kier alpha value is -5.72. The van der Waals surface area contributed by atoms with Crippen LogP contribution in [0.2, 0.25) is 0 Å². The van der Waals surface area contributed by atoms with Crippen LogP contribution in [0.5, 0.6) is 0 Å². The van der Waals surface area contributed by atoms with Gasteiger partial charge in [0.2, 0.25) is 0 Å². The van der Waals surface area contributed by atoms with Crippen molar-refractivity contribution in [1.29, 1.82) is 0 Å². The van der Waals surface area contributed by atoms with Crippen molar-refractivity contribution >= 4 is 21.5 Å². The molecule has 0 aromatic heterocycles. The molecule has 0 fully saturated rings. The van der Waals surface area contributed by atoms with Crippen LogP contribution in [0.25, 0.3) is 77.2 Å². The summed E-state index contributed by atoms with van der Waals surface area (Å²) in [5.41, 5.74) is 20.0. The number of fused-ring (bicyclic) bond motifs is 8. The lowest BCUT2D eigenvalue weighted by Gasteiger charge is -2.23. The number of aryl methyl sites for hydroxylation is 1. The van der Waals surface area contributed by atoms with Gasteiger partial charge in [-0.2, -0.15) is 0 Å². The van der Waals surface area contributed by atoms with Gasteiger partial charge in [-0.15, -0.1) is 0 Å². The topological polar surface area (TPSA) is 0 Å². The van der Waals surface area contributed by atoms with Gasteiger partial charge in [-0.05, 0) is 118 Å². The molecule has 8 aromatic carbocycles. The third-order valence-corrected chi connectivity index (χ3v) is 12.1. The second kappa shape index (κ2) is 10.6. The van der Waals surface area contributed by atoms with Crippen LogP contribution in [0.1, 0.15) is 55.5 Å². The summed E-state index contributed by atoms with van der Waals surface area (Å²) in [6, 6.07) is 57.3. The second-order valence-corrected chi connectivity index (χ2v) is 15.8. The normalized spacial score (nSPS) is 14.7. The summed E-state index contributed by atoms with van der Waals surface area (Å²) < 4.78 is 0. The number of benzene rings is 8. The van der Waals surface area contributed by atoms with Gasteiger partial charge in [-0.25, -0.2) is 0 Å². The highest BCUT2D eigenvalue weighted by Crippen LogP contribution is 2.52. The molecule has 0 heteroatoms. The molecule has 10 rings (SSSR count). The van der Waals surface area contributed by atoms with Gasteiger partial charge in [0.15, 0.2) is 0 Å². The molecule has 244 valence electrons. The summed E-state index contributed by atoms with van der Waals surface area (Å²) in [6.45, 7) is 11.7. The van der Waals surface area contributed by atoms with E-state index in [2.05, 4.69) is 186 Å². The monoisotopic (exact) mass is 652 g/mol. The molecule has 8 aromatic rings. The van der Waals surface area contributed by atoms with Crippen LogP contribution in [0.15, 0.2) is 152 Å². The van der Waals surface area contributed by atoms with E-state index in [1.165, 1.54) is 105 Å². The van der Waals surface area contributed by atoms with Crippen molar-refractivity contribution in [3.63, 3.8) is 0 Å². The van der Waals surface area contributed by atoms with Gasteiger partial charge in [0.1, 0.15) is 0 Å². The van der Waals surface area contributed by atoms with E-state index >= 15 is 0 Å². The Labute approximate surface area is 301 Å². The molecule has 0 unspecified atom stereocenters. The molecule has 0 bridgehead atoms. The molecule has 0 saturated heterocycles. The standard InChI is InChI=1S/C51H40/c1-31-18-25-42-43(28-31)49(35-24-27-39-37-13-9-11-17-45(37)51(4,5)47(39)30-35)41-15-7-6-14-40(41)48(42)33-21-19-32(20-22-33)34-23-26-38-36-12-8-10-16-44(36)50(2,3)46(38)29-34/h6-30H,1-5H3. The van der Waals surface area contributed by atoms with E-state index < -0.39 is 0 Å². The Balaban J connectivity index is 1.13. The van der Waals surface area contributed by atoms with Crippen molar-refractivity contribution in [2.75, 3.05) is 0 Å². The fraction of sp³-hybridized carbons (Fsp3) is 0.137. The fourth-order valence-electron chi connectivity index (χ4n) is 9.49. The molecule has 2 aliphatic carbocycles. The van der Waals surface area contributed by atoms with Crippen molar-refractivity contribution in [2.24, 2.45) is 0 Å². The van der Waals surface area contributed by atoms with Crippen LogP contribution >= 0.6 is 0 Å². The molecule has 2 aliphatic rings. The minimum atomic E-state index is -0.0519. The van der Waals surface area contributed by atoms with Gasteiger partial charge < -0.3 is 0 Å². The summed E-state index contributed by atoms with van der Waals surface area (Å²) in [5.74, 6) is 0. The first-order valence-corrected chi connectivity index (χ1v) is 18.3. The van der Waals surface area contributed by atoms with Gasteiger partial charge in [0, 0.05) is 10.8 Å². The third-order valence-electron chi connectivity index (χ3n) is 12.1. The van der Waals surface area contributed by atoms with Crippen LogP contribution in [-0.4, -0.2) is 0 Å². The van der Waals surface area contributed by atoms with Crippen LogP contribution in [0.3, 0.4) is 0 Å².